The van der Waals surface area contributed by atoms with Gasteiger partial charge in [-0.15, -0.1) is 0 Å². The number of anilines is 1. The van der Waals surface area contributed by atoms with Crippen LogP contribution in [0.25, 0.3) is 0 Å². The van der Waals surface area contributed by atoms with E-state index in [-0.39, 0.29) is 17.4 Å². The van der Waals surface area contributed by atoms with Crippen LogP contribution in [0.2, 0.25) is 0 Å². The topological polar surface area (TPSA) is 75.7 Å². The summed E-state index contributed by atoms with van der Waals surface area (Å²) < 4.78 is 30.8. The van der Waals surface area contributed by atoms with Gasteiger partial charge in [0.2, 0.25) is 10.0 Å². The standard InChI is InChI=1S/C17H20N2O4S/c1-13-11-15(24(21,22)19(2)3)9-10-16(13)23-12-17(20)18-14-7-5-4-6-8-14/h4-11H,12H2,1-3H3,(H,18,20). The molecule has 0 aliphatic carbocycles. The predicted molar refractivity (Wildman–Crippen MR) is 92.6 cm³/mol. The molecule has 0 aliphatic rings. The Morgan fingerprint density at radius 3 is 2.38 bits per heavy atom. The van der Waals surface area contributed by atoms with Crippen LogP contribution in [0.1, 0.15) is 5.56 Å². The van der Waals surface area contributed by atoms with Gasteiger partial charge in [0, 0.05) is 19.8 Å². The Balaban J connectivity index is 2.02. The Kier molecular flexibility index (Phi) is 5.58. The summed E-state index contributed by atoms with van der Waals surface area (Å²) in [7, 11) is -0.539. The van der Waals surface area contributed by atoms with Gasteiger partial charge in [0.05, 0.1) is 4.90 Å². The molecular weight excluding hydrogens is 328 g/mol. The van der Waals surface area contributed by atoms with Crippen molar-refractivity contribution in [3.05, 3.63) is 54.1 Å². The van der Waals surface area contributed by atoms with Crippen LogP contribution >= 0.6 is 0 Å². The number of rotatable bonds is 6. The number of sulfonamides is 1. The van der Waals surface area contributed by atoms with E-state index in [0.29, 0.717) is 17.0 Å². The van der Waals surface area contributed by atoms with E-state index >= 15 is 0 Å². The van der Waals surface area contributed by atoms with Gasteiger partial charge in [-0.2, -0.15) is 0 Å². The van der Waals surface area contributed by atoms with Crippen molar-refractivity contribution < 1.29 is 17.9 Å². The SMILES string of the molecule is Cc1cc(S(=O)(=O)N(C)C)ccc1OCC(=O)Nc1ccccc1. The van der Waals surface area contributed by atoms with Crippen LogP contribution in [-0.4, -0.2) is 39.3 Å². The van der Waals surface area contributed by atoms with Gasteiger partial charge in [-0.1, -0.05) is 18.2 Å². The molecule has 0 heterocycles. The third kappa shape index (κ3) is 4.33. The van der Waals surface area contributed by atoms with Crippen molar-refractivity contribution in [2.24, 2.45) is 0 Å². The molecule has 1 N–H and O–H groups in total. The lowest BCUT2D eigenvalue weighted by molar-refractivity contribution is -0.118. The molecule has 128 valence electrons. The molecule has 6 nitrogen and oxygen atoms in total. The highest BCUT2D eigenvalue weighted by atomic mass is 32.2. The average molecular weight is 348 g/mol. The molecule has 0 radical (unpaired) electrons. The van der Waals surface area contributed by atoms with Gasteiger partial charge in [-0.05, 0) is 42.8 Å². The molecule has 0 aromatic heterocycles. The maximum absolute atomic E-state index is 12.1. The summed E-state index contributed by atoms with van der Waals surface area (Å²) in [4.78, 5) is 12.1. The highest BCUT2D eigenvalue weighted by Crippen LogP contribution is 2.23. The fourth-order valence-corrected chi connectivity index (χ4v) is 3.00. The third-order valence-corrected chi connectivity index (χ3v) is 5.15. The van der Waals surface area contributed by atoms with Gasteiger partial charge < -0.3 is 10.1 Å². The molecule has 1 amide bonds. The summed E-state index contributed by atoms with van der Waals surface area (Å²) in [6, 6.07) is 13.6. The molecule has 2 rings (SSSR count). The maximum Gasteiger partial charge on any atom is 0.262 e. The van der Waals surface area contributed by atoms with Crippen LogP contribution in [0.5, 0.6) is 5.75 Å². The second kappa shape index (κ2) is 7.46. The predicted octanol–water partition coefficient (Wildman–Crippen LogP) is 2.26. The van der Waals surface area contributed by atoms with E-state index in [2.05, 4.69) is 5.32 Å². The zero-order chi connectivity index (χ0) is 17.7. The van der Waals surface area contributed by atoms with E-state index in [1.54, 1.807) is 25.1 Å². The van der Waals surface area contributed by atoms with E-state index in [1.165, 1.54) is 26.2 Å². The van der Waals surface area contributed by atoms with Crippen LogP contribution in [0.4, 0.5) is 5.69 Å². The Morgan fingerprint density at radius 1 is 1.12 bits per heavy atom. The fraction of sp³-hybridized carbons (Fsp3) is 0.235. The monoisotopic (exact) mass is 348 g/mol. The molecular formula is C17H20N2O4S. The van der Waals surface area contributed by atoms with Crippen molar-refractivity contribution in [2.45, 2.75) is 11.8 Å². The van der Waals surface area contributed by atoms with Crippen molar-refractivity contribution in [3.63, 3.8) is 0 Å². The van der Waals surface area contributed by atoms with Gasteiger partial charge in [0.15, 0.2) is 6.61 Å². The first-order valence-corrected chi connectivity index (χ1v) is 8.75. The molecule has 0 saturated carbocycles. The number of aryl methyl sites for hydroxylation is 1. The second-order valence-corrected chi connectivity index (χ2v) is 7.57. The van der Waals surface area contributed by atoms with Crippen molar-refractivity contribution in [3.8, 4) is 5.75 Å². The zero-order valence-electron chi connectivity index (χ0n) is 13.8. The van der Waals surface area contributed by atoms with Crippen LogP contribution in [0.15, 0.2) is 53.4 Å². The summed E-state index contributed by atoms with van der Waals surface area (Å²) >= 11 is 0. The van der Waals surface area contributed by atoms with Crippen molar-refractivity contribution in [1.82, 2.24) is 4.31 Å². The second-order valence-electron chi connectivity index (χ2n) is 5.42. The molecule has 0 spiro atoms. The number of para-hydroxylation sites is 1. The molecule has 0 aliphatic heterocycles. The normalized spacial score (nSPS) is 11.3. The van der Waals surface area contributed by atoms with Gasteiger partial charge in [-0.3, -0.25) is 4.79 Å². The summed E-state index contributed by atoms with van der Waals surface area (Å²) in [5.74, 6) is 0.182. The highest BCUT2D eigenvalue weighted by molar-refractivity contribution is 7.89. The number of carbonyl (C=O) groups excluding carboxylic acids is 1. The third-order valence-electron chi connectivity index (χ3n) is 3.34. The molecule has 0 saturated heterocycles. The zero-order valence-corrected chi connectivity index (χ0v) is 14.6. The highest BCUT2D eigenvalue weighted by Gasteiger charge is 2.18. The van der Waals surface area contributed by atoms with Crippen molar-refractivity contribution in [2.75, 3.05) is 26.0 Å². The summed E-state index contributed by atoms with van der Waals surface area (Å²) in [5.41, 5.74) is 1.33. The average Bonchev–Trinajstić information content (AvgIpc) is 2.54. The lowest BCUT2D eigenvalue weighted by atomic mass is 10.2. The molecule has 0 atom stereocenters. The number of ether oxygens (including phenoxy) is 1. The van der Waals surface area contributed by atoms with Crippen molar-refractivity contribution in [1.29, 1.82) is 0 Å². The smallest absolute Gasteiger partial charge is 0.262 e. The van der Waals surface area contributed by atoms with Crippen molar-refractivity contribution >= 4 is 21.6 Å². The number of carbonyl (C=O) groups is 1. The van der Waals surface area contributed by atoms with Crippen LogP contribution in [0, 0.1) is 6.92 Å². The minimum absolute atomic E-state index is 0.157. The fourth-order valence-electron chi connectivity index (χ4n) is 2.02. The summed E-state index contributed by atoms with van der Waals surface area (Å²) in [6.07, 6.45) is 0. The Morgan fingerprint density at radius 2 is 1.79 bits per heavy atom. The number of hydrogen-bond acceptors (Lipinski definition) is 4. The van der Waals surface area contributed by atoms with Gasteiger partial charge in [0.25, 0.3) is 5.91 Å². The Labute approximate surface area is 142 Å². The van der Waals surface area contributed by atoms with Gasteiger partial charge in [0.1, 0.15) is 5.75 Å². The quantitative estimate of drug-likeness (QED) is 0.869. The summed E-state index contributed by atoms with van der Waals surface area (Å²) in [6.45, 7) is 1.58. The molecule has 7 heteroatoms. The van der Waals surface area contributed by atoms with E-state index < -0.39 is 10.0 Å². The minimum atomic E-state index is -3.49. The van der Waals surface area contributed by atoms with E-state index in [1.807, 2.05) is 18.2 Å². The number of benzene rings is 2. The Bertz CT molecular complexity index is 818. The minimum Gasteiger partial charge on any atom is -0.483 e. The first kappa shape index (κ1) is 18.0. The maximum atomic E-state index is 12.1. The lowest BCUT2D eigenvalue weighted by Crippen LogP contribution is -2.22. The Hall–Kier alpha value is -2.38. The lowest BCUT2D eigenvalue weighted by Gasteiger charge is -2.14. The number of nitrogens with one attached hydrogen (secondary N) is 1. The molecule has 24 heavy (non-hydrogen) atoms. The van der Waals surface area contributed by atoms with E-state index in [0.717, 1.165) is 4.31 Å². The number of amides is 1. The largest absolute Gasteiger partial charge is 0.483 e. The molecule has 0 fully saturated rings. The summed E-state index contributed by atoms with van der Waals surface area (Å²) in [5, 5.41) is 2.72. The number of hydrogen-bond donors (Lipinski definition) is 1. The van der Waals surface area contributed by atoms with Gasteiger partial charge >= 0.3 is 0 Å². The van der Waals surface area contributed by atoms with Crippen LogP contribution in [0.3, 0.4) is 0 Å². The molecule has 0 unspecified atom stereocenters. The van der Waals surface area contributed by atoms with Crippen LogP contribution < -0.4 is 10.1 Å². The molecule has 0 bridgehead atoms. The van der Waals surface area contributed by atoms with E-state index in [9.17, 15) is 13.2 Å². The number of nitrogens with zero attached hydrogens (tertiary/aromatic N) is 1. The van der Waals surface area contributed by atoms with Crippen LogP contribution in [-0.2, 0) is 14.8 Å². The molecule has 2 aromatic carbocycles. The van der Waals surface area contributed by atoms with Gasteiger partial charge in [-0.25, -0.2) is 12.7 Å². The molecule has 2 aromatic rings. The first-order chi connectivity index (χ1) is 11.3. The van der Waals surface area contributed by atoms with E-state index in [4.69, 9.17) is 4.74 Å². The first-order valence-electron chi connectivity index (χ1n) is 7.31.